The van der Waals surface area contributed by atoms with Gasteiger partial charge in [0.2, 0.25) is 0 Å². The number of hydrogen-bond acceptors (Lipinski definition) is 4. The van der Waals surface area contributed by atoms with E-state index >= 15 is 0 Å². The van der Waals surface area contributed by atoms with Gasteiger partial charge in [-0.2, -0.15) is 4.98 Å². The van der Waals surface area contributed by atoms with Crippen LogP contribution in [0.5, 0.6) is 6.01 Å². The lowest BCUT2D eigenvalue weighted by molar-refractivity contribution is 0.0168. The Bertz CT molecular complexity index is 417. The lowest BCUT2D eigenvalue weighted by atomic mass is 9.83. The number of rotatable bonds is 4. The second kappa shape index (κ2) is 5.82. The van der Waals surface area contributed by atoms with Crippen molar-refractivity contribution in [3.63, 3.8) is 0 Å². The van der Waals surface area contributed by atoms with Crippen molar-refractivity contribution in [2.24, 2.45) is 5.92 Å². The maximum Gasteiger partial charge on any atom is 0.316 e. The molecule has 19 heavy (non-hydrogen) atoms. The second-order valence-corrected chi connectivity index (χ2v) is 5.50. The van der Waals surface area contributed by atoms with Gasteiger partial charge in [-0.15, -0.1) is 0 Å². The van der Waals surface area contributed by atoms with Crippen LogP contribution in [0.3, 0.4) is 0 Å². The van der Waals surface area contributed by atoms with Gasteiger partial charge in [-0.05, 0) is 24.8 Å². The van der Waals surface area contributed by atoms with Crippen molar-refractivity contribution in [1.29, 1.82) is 0 Å². The van der Waals surface area contributed by atoms with Crippen LogP contribution in [0.4, 0.5) is 4.39 Å². The summed E-state index contributed by atoms with van der Waals surface area (Å²) in [6.07, 6.45) is 2.90. The quantitative estimate of drug-likeness (QED) is 0.840. The SMILES string of the molecule is COc1nccc(CN2CCC(F)(C(C)C)CC2)n1. The number of likely N-dealkylation sites (tertiary alicyclic amines) is 1. The summed E-state index contributed by atoms with van der Waals surface area (Å²) in [7, 11) is 1.56. The molecule has 0 N–H and O–H groups in total. The van der Waals surface area contributed by atoms with E-state index in [2.05, 4.69) is 14.9 Å². The second-order valence-electron chi connectivity index (χ2n) is 5.50. The minimum Gasteiger partial charge on any atom is -0.467 e. The largest absolute Gasteiger partial charge is 0.467 e. The van der Waals surface area contributed by atoms with Crippen LogP contribution in [0.2, 0.25) is 0 Å². The molecule has 0 spiro atoms. The van der Waals surface area contributed by atoms with E-state index in [1.807, 2.05) is 19.9 Å². The van der Waals surface area contributed by atoms with Gasteiger partial charge in [-0.1, -0.05) is 13.8 Å². The molecule has 1 aromatic heterocycles. The van der Waals surface area contributed by atoms with E-state index in [9.17, 15) is 4.39 Å². The molecule has 0 amide bonds. The van der Waals surface area contributed by atoms with Crippen molar-refractivity contribution in [2.75, 3.05) is 20.2 Å². The summed E-state index contributed by atoms with van der Waals surface area (Å²) in [6.45, 7) is 6.21. The van der Waals surface area contributed by atoms with Gasteiger partial charge in [0.15, 0.2) is 0 Å². The number of aromatic nitrogens is 2. The average Bonchev–Trinajstić information content (AvgIpc) is 2.42. The Hall–Kier alpha value is -1.23. The van der Waals surface area contributed by atoms with Gasteiger partial charge >= 0.3 is 6.01 Å². The predicted octanol–water partition coefficient (Wildman–Crippen LogP) is 2.45. The van der Waals surface area contributed by atoms with Crippen molar-refractivity contribution < 1.29 is 9.13 Å². The van der Waals surface area contributed by atoms with Crippen molar-refractivity contribution in [2.45, 2.75) is 38.9 Å². The predicted molar refractivity (Wildman–Crippen MR) is 71.8 cm³/mol. The lowest BCUT2D eigenvalue weighted by Gasteiger charge is -2.38. The molecule has 0 saturated carbocycles. The van der Waals surface area contributed by atoms with E-state index in [4.69, 9.17) is 4.74 Å². The molecule has 0 bridgehead atoms. The standard InChI is InChI=1S/C14H22FN3O/c1-11(2)14(15)5-8-18(9-6-14)10-12-4-7-16-13(17-12)19-3/h4,7,11H,5-6,8-10H2,1-3H3. The molecule has 2 heterocycles. The normalized spacial score (nSPS) is 19.6. The number of nitrogens with zero attached hydrogens (tertiary/aromatic N) is 3. The summed E-state index contributed by atoms with van der Waals surface area (Å²) < 4.78 is 19.5. The van der Waals surface area contributed by atoms with E-state index in [0.29, 0.717) is 18.9 Å². The number of methoxy groups -OCH3 is 1. The monoisotopic (exact) mass is 267 g/mol. The molecule has 0 unspecified atom stereocenters. The van der Waals surface area contributed by atoms with E-state index in [0.717, 1.165) is 25.3 Å². The molecule has 1 saturated heterocycles. The van der Waals surface area contributed by atoms with Crippen molar-refractivity contribution in [3.8, 4) is 6.01 Å². The molecule has 0 aromatic carbocycles. The third-order valence-corrected chi connectivity index (χ3v) is 3.98. The number of halogens is 1. The Kier molecular flexibility index (Phi) is 4.34. The molecule has 1 aliphatic rings. The third kappa shape index (κ3) is 3.41. The summed E-state index contributed by atoms with van der Waals surface area (Å²) in [5.41, 5.74) is -0.0809. The zero-order valence-corrected chi connectivity index (χ0v) is 11.9. The minimum absolute atomic E-state index is 0.0915. The van der Waals surface area contributed by atoms with Crippen LogP contribution in [0, 0.1) is 5.92 Å². The molecular formula is C14H22FN3O. The van der Waals surface area contributed by atoms with Crippen LogP contribution in [0.25, 0.3) is 0 Å². The van der Waals surface area contributed by atoms with Crippen LogP contribution in [0.15, 0.2) is 12.3 Å². The van der Waals surface area contributed by atoms with E-state index < -0.39 is 5.67 Å². The molecule has 1 aliphatic heterocycles. The fourth-order valence-electron chi connectivity index (χ4n) is 2.45. The first-order valence-electron chi connectivity index (χ1n) is 6.81. The molecule has 106 valence electrons. The summed E-state index contributed by atoms with van der Waals surface area (Å²) in [5, 5.41) is 0. The van der Waals surface area contributed by atoms with Gasteiger partial charge in [-0.25, -0.2) is 9.37 Å². The fourth-order valence-corrected chi connectivity index (χ4v) is 2.45. The Labute approximate surface area is 114 Å². The first-order valence-corrected chi connectivity index (χ1v) is 6.81. The molecule has 5 heteroatoms. The van der Waals surface area contributed by atoms with E-state index in [-0.39, 0.29) is 5.92 Å². The minimum atomic E-state index is -1.00. The molecular weight excluding hydrogens is 245 g/mol. The van der Waals surface area contributed by atoms with Gasteiger partial charge in [0.25, 0.3) is 0 Å². The molecule has 0 radical (unpaired) electrons. The number of hydrogen-bond donors (Lipinski definition) is 0. The fraction of sp³-hybridized carbons (Fsp3) is 0.714. The highest BCUT2D eigenvalue weighted by atomic mass is 19.1. The summed E-state index contributed by atoms with van der Waals surface area (Å²) >= 11 is 0. The highest BCUT2D eigenvalue weighted by Gasteiger charge is 2.37. The van der Waals surface area contributed by atoms with Crippen LogP contribution < -0.4 is 4.74 Å². The molecule has 1 aromatic rings. The smallest absolute Gasteiger partial charge is 0.316 e. The van der Waals surface area contributed by atoms with E-state index in [1.165, 1.54) is 0 Å². The van der Waals surface area contributed by atoms with Crippen LogP contribution in [-0.4, -0.2) is 40.7 Å². The zero-order valence-electron chi connectivity index (χ0n) is 11.9. The Morgan fingerprint density at radius 3 is 2.68 bits per heavy atom. The lowest BCUT2D eigenvalue weighted by Crippen LogP contribution is -2.44. The Morgan fingerprint density at radius 2 is 2.11 bits per heavy atom. The van der Waals surface area contributed by atoms with Crippen molar-refractivity contribution >= 4 is 0 Å². The first-order chi connectivity index (χ1) is 9.03. The van der Waals surface area contributed by atoms with Crippen LogP contribution >= 0.6 is 0 Å². The van der Waals surface area contributed by atoms with E-state index in [1.54, 1.807) is 13.3 Å². The highest BCUT2D eigenvalue weighted by Crippen LogP contribution is 2.33. The molecule has 0 aliphatic carbocycles. The highest BCUT2D eigenvalue weighted by molar-refractivity contribution is 5.05. The number of ether oxygens (including phenoxy) is 1. The topological polar surface area (TPSA) is 38.2 Å². The maximum atomic E-state index is 14.5. The van der Waals surface area contributed by atoms with Gasteiger partial charge in [-0.3, -0.25) is 4.90 Å². The molecule has 2 rings (SSSR count). The van der Waals surface area contributed by atoms with Crippen LogP contribution in [-0.2, 0) is 6.54 Å². The number of piperidine rings is 1. The van der Waals surface area contributed by atoms with Gasteiger partial charge in [0, 0.05) is 25.8 Å². The summed E-state index contributed by atoms with van der Waals surface area (Å²) in [4.78, 5) is 10.5. The maximum absolute atomic E-state index is 14.5. The van der Waals surface area contributed by atoms with Crippen molar-refractivity contribution in [3.05, 3.63) is 18.0 Å². The number of alkyl halides is 1. The molecule has 1 fully saturated rings. The zero-order chi connectivity index (χ0) is 13.9. The average molecular weight is 267 g/mol. The molecule has 4 nitrogen and oxygen atoms in total. The van der Waals surface area contributed by atoms with Crippen molar-refractivity contribution in [1.82, 2.24) is 14.9 Å². The van der Waals surface area contributed by atoms with Gasteiger partial charge in [0.1, 0.15) is 5.67 Å². The van der Waals surface area contributed by atoms with Gasteiger partial charge in [0.05, 0.1) is 12.8 Å². The Balaban J connectivity index is 1.92. The van der Waals surface area contributed by atoms with Crippen LogP contribution in [0.1, 0.15) is 32.4 Å². The summed E-state index contributed by atoms with van der Waals surface area (Å²) in [5.74, 6) is 0.0915. The third-order valence-electron chi connectivity index (χ3n) is 3.98. The Morgan fingerprint density at radius 1 is 1.42 bits per heavy atom. The molecule has 0 atom stereocenters. The first kappa shape index (κ1) is 14.2. The van der Waals surface area contributed by atoms with Gasteiger partial charge < -0.3 is 4.74 Å². The summed E-state index contributed by atoms with van der Waals surface area (Å²) in [6, 6.07) is 2.26.